The normalized spacial score (nSPS) is 18.0. The molecule has 3 rings (SSSR count). The lowest BCUT2D eigenvalue weighted by Gasteiger charge is -2.31. The number of ether oxygens (including phenoxy) is 2. The molecule has 1 heterocycles. The number of esters is 1. The smallest absolute Gasteiger partial charge is 0.319 e. The van der Waals surface area contributed by atoms with Crippen molar-refractivity contribution in [2.75, 3.05) is 13.7 Å². The Labute approximate surface area is 200 Å². The van der Waals surface area contributed by atoms with E-state index < -0.39 is 23.7 Å². The zero-order valence-corrected chi connectivity index (χ0v) is 19.7. The van der Waals surface area contributed by atoms with Crippen molar-refractivity contribution in [3.05, 3.63) is 74.2 Å². The molecule has 0 radical (unpaired) electrons. The number of nitrogens with one attached hydrogen (secondary N) is 1. The van der Waals surface area contributed by atoms with Crippen molar-refractivity contribution < 1.29 is 19.1 Å². The first-order valence-electron chi connectivity index (χ1n) is 9.72. The molecule has 1 aliphatic heterocycles. The van der Waals surface area contributed by atoms with Gasteiger partial charge in [-0.15, -0.1) is 11.8 Å². The summed E-state index contributed by atoms with van der Waals surface area (Å²) in [5.74, 6) is -2.46. The Hall–Kier alpha value is -2.66. The molecule has 0 fully saturated rings. The molecule has 0 saturated carbocycles. The molecule has 0 aliphatic carbocycles. The summed E-state index contributed by atoms with van der Waals surface area (Å²) in [5, 5.41) is 14.0. The zero-order chi connectivity index (χ0) is 23.3. The predicted octanol–water partition coefficient (Wildman–Crippen LogP) is 5.06. The molecule has 0 saturated heterocycles. The van der Waals surface area contributed by atoms with Gasteiger partial charge in [0.1, 0.15) is 11.7 Å². The molecule has 0 aromatic heterocycles. The topological polar surface area (TPSA) is 88.4 Å². The molecular formula is C23H20Cl2N2O4S. The Morgan fingerprint density at radius 3 is 2.59 bits per heavy atom. The van der Waals surface area contributed by atoms with Crippen LogP contribution in [0.5, 0.6) is 5.75 Å². The van der Waals surface area contributed by atoms with Crippen LogP contribution in [0.4, 0.5) is 0 Å². The predicted molar refractivity (Wildman–Crippen MR) is 124 cm³/mol. The number of thioether (sulfide) groups is 1. The van der Waals surface area contributed by atoms with Gasteiger partial charge in [0.15, 0.2) is 0 Å². The Balaban J connectivity index is 2.05. The third kappa shape index (κ3) is 5.04. The second-order valence-corrected chi connectivity index (χ2v) is 8.63. The SMILES string of the molecule is CCOc1ccc([C@H]2C(C#N)=C(SCc3ccccc3Cl)NC(=O)[C@H]2C(=O)OC)cc1Cl. The van der Waals surface area contributed by atoms with Crippen molar-refractivity contribution in [2.45, 2.75) is 18.6 Å². The fourth-order valence-electron chi connectivity index (χ4n) is 3.43. The van der Waals surface area contributed by atoms with Crippen LogP contribution in [0, 0.1) is 17.2 Å². The Bertz CT molecular complexity index is 1110. The largest absolute Gasteiger partial charge is 0.492 e. The number of amides is 1. The van der Waals surface area contributed by atoms with E-state index in [-0.39, 0.29) is 5.57 Å². The number of carbonyl (C=O) groups excluding carboxylic acids is 2. The highest BCUT2D eigenvalue weighted by atomic mass is 35.5. The quantitative estimate of drug-likeness (QED) is 0.430. The maximum atomic E-state index is 12.9. The van der Waals surface area contributed by atoms with Crippen LogP contribution in [0.3, 0.4) is 0 Å². The zero-order valence-electron chi connectivity index (χ0n) is 17.4. The number of allylic oxidation sites excluding steroid dienone is 1. The summed E-state index contributed by atoms with van der Waals surface area (Å²) in [7, 11) is 1.20. The van der Waals surface area contributed by atoms with Gasteiger partial charge in [0.25, 0.3) is 0 Å². The van der Waals surface area contributed by atoms with Crippen molar-refractivity contribution in [2.24, 2.45) is 5.92 Å². The third-order valence-electron chi connectivity index (χ3n) is 4.93. The molecule has 2 atom stereocenters. The molecule has 1 aliphatic rings. The molecule has 0 spiro atoms. The van der Waals surface area contributed by atoms with Crippen LogP contribution in [-0.2, 0) is 20.1 Å². The van der Waals surface area contributed by atoms with Gasteiger partial charge >= 0.3 is 5.97 Å². The number of carbonyl (C=O) groups is 2. The molecule has 1 amide bonds. The van der Waals surface area contributed by atoms with Crippen LogP contribution in [-0.4, -0.2) is 25.6 Å². The monoisotopic (exact) mass is 490 g/mol. The van der Waals surface area contributed by atoms with Gasteiger partial charge in [0.2, 0.25) is 5.91 Å². The van der Waals surface area contributed by atoms with E-state index in [1.165, 1.54) is 18.9 Å². The van der Waals surface area contributed by atoms with Crippen LogP contribution in [0.2, 0.25) is 10.0 Å². The molecule has 2 aromatic rings. The van der Waals surface area contributed by atoms with Gasteiger partial charge in [0, 0.05) is 16.7 Å². The number of halogens is 2. The van der Waals surface area contributed by atoms with Crippen LogP contribution in [0.15, 0.2) is 53.1 Å². The van der Waals surface area contributed by atoms with Crippen molar-refractivity contribution in [1.29, 1.82) is 5.26 Å². The first-order chi connectivity index (χ1) is 15.4. The highest BCUT2D eigenvalue weighted by Gasteiger charge is 2.44. The van der Waals surface area contributed by atoms with Gasteiger partial charge in [-0.05, 0) is 36.2 Å². The number of nitriles is 1. The maximum Gasteiger partial charge on any atom is 0.319 e. The van der Waals surface area contributed by atoms with Gasteiger partial charge in [-0.3, -0.25) is 9.59 Å². The third-order valence-corrected chi connectivity index (χ3v) is 6.66. The van der Waals surface area contributed by atoms with E-state index in [4.69, 9.17) is 32.7 Å². The lowest BCUT2D eigenvalue weighted by Crippen LogP contribution is -2.44. The lowest BCUT2D eigenvalue weighted by atomic mass is 9.78. The standard InChI is InChI=1S/C23H20Cl2N2O4S/c1-3-31-18-9-8-13(10-17(18)25)19-15(11-26)22(27-21(28)20(19)23(29)30-2)32-12-14-6-4-5-7-16(14)24/h4-10,19-20H,3,12H2,1-2H3,(H,27,28)/t19-,20-/m0/s1. The second kappa shape index (κ2) is 10.8. The van der Waals surface area contributed by atoms with E-state index in [1.54, 1.807) is 24.3 Å². The summed E-state index contributed by atoms with van der Waals surface area (Å²) in [4.78, 5) is 25.4. The van der Waals surface area contributed by atoms with Crippen LogP contribution >= 0.6 is 35.0 Å². The summed E-state index contributed by atoms with van der Waals surface area (Å²) in [6.45, 7) is 2.27. The fourth-order valence-corrected chi connectivity index (χ4v) is 5.01. The maximum absolute atomic E-state index is 12.9. The first-order valence-corrected chi connectivity index (χ1v) is 11.5. The van der Waals surface area contributed by atoms with Crippen molar-refractivity contribution in [3.63, 3.8) is 0 Å². The Kier molecular flexibility index (Phi) is 8.08. The number of benzene rings is 2. The van der Waals surface area contributed by atoms with Crippen molar-refractivity contribution in [1.82, 2.24) is 5.32 Å². The second-order valence-electron chi connectivity index (χ2n) is 6.83. The molecular weight excluding hydrogens is 471 g/mol. The number of rotatable bonds is 7. The molecule has 0 unspecified atom stereocenters. The van der Waals surface area contributed by atoms with Gasteiger partial charge in [0.05, 0.1) is 35.4 Å². The van der Waals surface area contributed by atoms with E-state index in [0.29, 0.717) is 38.7 Å². The number of nitrogens with zero attached hydrogens (tertiary/aromatic N) is 1. The van der Waals surface area contributed by atoms with Gasteiger partial charge in [-0.2, -0.15) is 5.26 Å². The van der Waals surface area contributed by atoms with Gasteiger partial charge in [-0.25, -0.2) is 0 Å². The van der Waals surface area contributed by atoms with Gasteiger partial charge in [-0.1, -0.05) is 47.5 Å². The van der Waals surface area contributed by atoms with Gasteiger partial charge < -0.3 is 14.8 Å². The Morgan fingerprint density at radius 1 is 1.22 bits per heavy atom. The minimum absolute atomic E-state index is 0.247. The summed E-state index contributed by atoms with van der Waals surface area (Å²) in [6, 6.07) is 14.5. The van der Waals surface area contributed by atoms with E-state index in [1.807, 2.05) is 25.1 Å². The van der Waals surface area contributed by atoms with Crippen LogP contribution in [0.1, 0.15) is 24.0 Å². The molecule has 0 bridgehead atoms. The van der Waals surface area contributed by atoms with Crippen LogP contribution < -0.4 is 10.1 Å². The molecule has 166 valence electrons. The van der Waals surface area contributed by atoms with Crippen molar-refractivity contribution >= 4 is 46.8 Å². The minimum Gasteiger partial charge on any atom is -0.492 e. The van der Waals surface area contributed by atoms with E-state index >= 15 is 0 Å². The lowest BCUT2D eigenvalue weighted by molar-refractivity contribution is -0.150. The Morgan fingerprint density at radius 2 is 1.97 bits per heavy atom. The molecule has 1 N–H and O–H groups in total. The van der Waals surface area contributed by atoms with E-state index in [0.717, 1.165) is 5.56 Å². The fraction of sp³-hybridized carbons (Fsp3) is 0.261. The summed E-state index contributed by atoms with van der Waals surface area (Å²) in [6.07, 6.45) is 0. The van der Waals surface area contributed by atoms with Crippen LogP contribution in [0.25, 0.3) is 0 Å². The average Bonchev–Trinajstić information content (AvgIpc) is 2.79. The average molecular weight is 491 g/mol. The summed E-state index contributed by atoms with van der Waals surface area (Å²) < 4.78 is 10.3. The molecule has 2 aromatic carbocycles. The number of hydrogen-bond donors (Lipinski definition) is 1. The number of hydrogen-bond acceptors (Lipinski definition) is 6. The molecule has 32 heavy (non-hydrogen) atoms. The minimum atomic E-state index is -1.23. The van der Waals surface area contributed by atoms with E-state index in [2.05, 4.69) is 11.4 Å². The first kappa shape index (κ1) is 24.0. The van der Waals surface area contributed by atoms with Crippen molar-refractivity contribution in [3.8, 4) is 11.8 Å². The molecule has 6 nitrogen and oxygen atoms in total. The number of methoxy groups -OCH3 is 1. The summed E-state index contributed by atoms with van der Waals surface area (Å²) in [5.41, 5.74) is 1.64. The highest BCUT2D eigenvalue weighted by Crippen LogP contribution is 2.42. The highest BCUT2D eigenvalue weighted by molar-refractivity contribution is 8.02. The van der Waals surface area contributed by atoms with E-state index in [9.17, 15) is 14.9 Å². The summed E-state index contributed by atoms with van der Waals surface area (Å²) >= 11 is 13.9. The molecule has 9 heteroatoms.